The summed E-state index contributed by atoms with van der Waals surface area (Å²) in [5, 5.41) is 22.4. The molecule has 3 N–H and O–H groups in total. The van der Waals surface area contributed by atoms with Crippen LogP contribution in [-0.4, -0.2) is 70.3 Å². The molecule has 0 saturated carbocycles. The van der Waals surface area contributed by atoms with Gasteiger partial charge in [-0.15, -0.1) is 0 Å². The van der Waals surface area contributed by atoms with Crippen LogP contribution in [0.2, 0.25) is 5.02 Å². The van der Waals surface area contributed by atoms with Gasteiger partial charge in [0, 0.05) is 37.0 Å². The predicted molar refractivity (Wildman–Crippen MR) is 170 cm³/mol. The van der Waals surface area contributed by atoms with Crippen molar-refractivity contribution in [2.45, 2.75) is 64.3 Å². The van der Waals surface area contributed by atoms with Crippen molar-refractivity contribution >= 4 is 23.9 Å². The summed E-state index contributed by atoms with van der Waals surface area (Å²) in [7, 11) is 0. The molecular formula is C34H40ClN3O6. The third-order valence-corrected chi connectivity index (χ3v) is 9.20. The predicted octanol–water partition coefficient (Wildman–Crippen LogP) is 4.32. The normalized spacial score (nSPS) is 20.5. The number of hydrogen-bond acceptors (Lipinski definition) is 7. The summed E-state index contributed by atoms with van der Waals surface area (Å²) in [6.45, 7) is 5.81. The number of carbonyl (C=O) groups excluding carboxylic acids is 1. The van der Waals surface area contributed by atoms with Gasteiger partial charge in [-0.25, -0.2) is 0 Å². The van der Waals surface area contributed by atoms with Crippen LogP contribution in [0.3, 0.4) is 0 Å². The molecule has 3 heterocycles. The number of rotatable bonds is 12. The van der Waals surface area contributed by atoms with E-state index in [0.29, 0.717) is 54.4 Å². The van der Waals surface area contributed by atoms with Gasteiger partial charge in [0.15, 0.2) is 0 Å². The number of benzene rings is 2. The van der Waals surface area contributed by atoms with Crippen LogP contribution in [0.1, 0.15) is 52.7 Å². The zero-order valence-corrected chi connectivity index (χ0v) is 25.8. The molecule has 0 aliphatic carbocycles. The second-order valence-corrected chi connectivity index (χ2v) is 12.3. The van der Waals surface area contributed by atoms with Gasteiger partial charge < -0.3 is 29.7 Å². The van der Waals surface area contributed by atoms with E-state index < -0.39 is 12.0 Å². The van der Waals surface area contributed by atoms with Crippen LogP contribution < -0.4 is 15.6 Å². The van der Waals surface area contributed by atoms with Gasteiger partial charge in [0.1, 0.15) is 24.7 Å². The SMILES string of the molecule is Cc1c(COc2cc(CC3CCC(C(=O)O)NC3)c(C=O)cc2Cl)cccc1-c1cccn(CCCN2CCC(O)C2)c1=O. The Morgan fingerprint density at radius 3 is 2.64 bits per heavy atom. The number of aliphatic carboxylic acids is 1. The Balaban J connectivity index is 1.27. The number of aromatic nitrogens is 1. The minimum atomic E-state index is -0.841. The molecule has 0 bridgehead atoms. The number of carbonyl (C=O) groups is 2. The zero-order valence-electron chi connectivity index (χ0n) is 25.0. The van der Waals surface area contributed by atoms with E-state index in [4.69, 9.17) is 16.3 Å². The van der Waals surface area contributed by atoms with Crippen molar-refractivity contribution < 1.29 is 24.5 Å². The van der Waals surface area contributed by atoms with E-state index in [9.17, 15) is 24.6 Å². The van der Waals surface area contributed by atoms with Crippen LogP contribution in [0.25, 0.3) is 11.1 Å². The van der Waals surface area contributed by atoms with Crippen LogP contribution >= 0.6 is 11.6 Å². The lowest BCUT2D eigenvalue weighted by Crippen LogP contribution is -2.44. The third-order valence-electron chi connectivity index (χ3n) is 8.90. The first-order valence-corrected chi connectivity index (χ1v) is 15.7. The molecule has 3 aromatic rings. The average molecular weight is 622 g/mol. The fourth-order valence-electron chi connectivity index (χ4n) is 6.30. The summed E-state index contributed by atoms with van der Waals surface area (Å²) in [5.74, 6) is -0.177. The van der Waals surface area contributed by atoms with Gasteiger partial charge in [-0.3, -0.25) is 14.4 Å². The number of nitrogens with zero attached hydrogens (tertiary/aromatic N) is 2. The largest absolute Gasteiger partial charge is 0.487 e. The van der Waals surface area contributed by atoms with Crippen LogP contribution in [0, 0.1) is 12.8 Å². The second-order valence-electron chi connectivity index (χ2n) is 11.9. The van der Waals surface area contributed by atoms with Crippen molar-refractivity contribution in [1.82, 2.24) is 14.8 Å². The van der Waals surface area contributed by atoms with Gasteiger partial charge in [0.05, 0.1) is 11.1 Å². The summed E-state index contributed by atoms with van der Waals surface area (Å²) in [6, 6.07) is 12.5. The Morgan fingerprint density at radius 1 is 1.11 bits per heavy atom. The number of halogens is 1. The van der Waals surface area contributed by atoms with E-state index in [1.54, 1.807) is 10.6 Å². The summed E-state index contributed by atoms with van der Waals surface area (Å²) in [6.07, 6.45) is 5.90. The number of nitrogens with one attached hydrogen (secondary N) is 1. The van der Waals surface area contributed by atoms with Gasteiger partial charge in [-0.05, 0) is 105 Å². The molecular weight excluding hydrogens is 582 g/mol. The number of hydrogen-bond donors (Lipinski definition) is 3. The Bertz CT molecular complexity index is 1550. The van der Waals surface area contributed by atoms with Crippen molar-refractivity contribution in [2.24, 2.45) is 5.92 Å². The number of ether oxygens (including phenoxy) is 1. The summed E-state index contributed by atoms with van der Waals surface area (Å²) < 4.78 is 7.94. The number of aryl methyl sites for hydroxylation is 1. The fraction of sp³-hybridized carbons (Fsp3) is 0.441. The first-order valence-electron chi connectivity index (χ1n) is 15.3. The van der Waals surface area contributed by atoms with E-state index in [0.717, 1.165) is 60.9 Å². The van der Waals surface area contributed by atoms with Crippen LogP contribution in [0.4, 0.5) is 0 Å². The lowest BCUT2D eigenvalue weighted by Gasteiger charge is -2.28. The van der Waals surface area contributed by atoms with Crippen molar-refractivity contribution in [1.29, 1.82) is 0 Å². The van der Waals surface area contributed by atoms with E-state index >= 15 is 0 Å². The smallest absolute Gasteiger partial charge is 0.320 e. The third kappa shape index (κ3) is 7.58. The number of piperidine rings is 1. The number of carboxylic acid groups (broad SMARTS) is 1. The highest BCUT2D eigenvalue weighted by molar-refractivity contribution is 6.32. The molecule has 3 atom stereocenters. The molecule has 2 saturated heterocycles. The molecule has 234 valence electrons. The summed E-state index contributed by atoms with van der Waals surface area (Å²) in [5.41, 5.74) is 4.61. The average Bonchev–Trinajstić information content (AvgIpc) is 3.43. The molecule has 5 rings (SSSR count). The van der Waals surface area contributed by atoms with Crippen molar-refractivity contribution in [3.8, 4) is 16.9 Å². The van der Waals surface area contributed by atoms with Crippen molar-refractivity contribution in [3.05, 3.63) is 86.3 Å². The molecule has 10 heteroatoms. The summed E-state index contributed by atoms with van der Waals surface area (Å²) >= 11 is 6.52. The number of pyridine rings is 1. The molecule has 2 aliphatic heterocycles. The Labute approximate surface area is 262 Å². The highest BCUT2D eigenvalue weighted by Crippen LogP contribution is 2.32. The molecule has 2 aliphatic rings. The topological polar surface area (TPSA) is 121 Å². The fourth-order valence-corrected chi connectivity index (χ4v) is 6.53. The Morgan fingerprint density at radius 2 is 1.93 bits per heavy atom. The van der Waals surface area contributed by atoms with Crippen LogP contribution in [0.15, 0.2) is 53.5 Å². The molecule has 44 heavy (non-hydrogen) atoms. The number of aldehydes is 1. The van der Waals surface area contributed by atoms with Gasteiger partial charge in [-0.1, -0.05) is 29.8 Å². The van der Waals surface area contributed by atoms with Gasteiger partial charge in [-0.2, -0.15) is 0 Å². The monoisotopic (exact) mass is 621 g/mol. The second kappa shape index (κ2) is 14.5. The maximum absolute atomic E-state index is 13.4. The molecule has 2 aromatic carbocycles. The standard InChI is InChI=1S/C34H40ClN3O6/c1-22-24(5-2-6-28(22)29-7-3-12-38(33(29)41)13-4-11-37-14-10-27(40)19-37)21-44-32-17-25(26(20-39)16-30(32)35)15-23-8-9-31(34(42)43)36-18-23/h2-3,5-7,12,16-17,20,23,27,31,36,40H,4,8-11,13-15,18-19,21H2,1H3,(H,42,43). The number of aliphatic hydroxyl groups is 1. The van der Waals surface area contributed by atoms with E-state index in [1.807, 2.05) is 49.5 Å². The first-order chi connectivity index (χ1) is 21.2. The highest BCUT2D eigenvalue weighted by Gasteiger charge is 2.26. The summed E-state index contributed by atoms with van der Waals surface area (Å²) in [4.78, 5) is 38.8. The van der Waals surface area contributed by atoms with Crippen molar-refractivity contribution in [2.75, 3.05) is 26.2 Å². The lowest BCUT2D eigenvalue weighted by atomic mass is 9.88. The number of aliphatic hydroxyl groups excluding tert-OH is 1. The molecule has 9 nitrogen and oxygen atoms in total. The lowest BCUT2D eigenvalue weighted by molar-refractivity contribution is -0.140. The molecule has 0 radical (unpaired) electrons. The molecule has 1 aromatic heterocycles. The maximum atomic E-state index is 13.4. The van der Waals surface area contributed by atoms with Crippen molar-refractivity contribution in [3.63, 3.8) is 0 Å². The number of β-amino-alcohol motifs (C(OH)–C–C–N with tert-alkyl or cyclic N) is 1. The Kier molecular flexibility index (Phi) is 10.5. The minimum Gasteiger partial charge on any atom is -0.487 e. The molecule has 0 amide bonds. The van der Waals surface area contributed by atoms with Gasteiger partial charge >= 0.3 is 5.97 Å². The minimum absolute atomic E-state index is 0.0425. The van der Waals surface area contributed by atoms with E-state index in [-0.39, 0.29) is 24.2 Å². The Hall–Kier alpha value is -3.50. The highest BCUT2D eigenvalue weighted by atomic mass is 35.5. The zero-order chi connectivity index (χ0) is 31.2. The van der Waals surface area contributed by atoms with E-state index in [2.05, 4.69) is 10.2 Å². The maximum Gasteiger partial charge on any atom is 0.320 e. The van der Waals surface area contributed by atoms with Crippen LogP contribution in [0.5, 0.6) is 5.75 Å². The van der Waals surface area contributed by atoms with E-state index in [1.165, 1.54) is 0 Å². The molecule has 0 spiro atoms. The molecule has 3 unspecified atom stereocenters. The number of likely N-dealkylation sites (tertiary alicyclic amines) is 1. The first kappa shape index (κ1) is 31.9. The van der Waals surface area contributed by atoms with Gasteiger partial charge in [0.2, 0.25) is 0 Å². The van der Waals surface area contributed by atoms with Gasteiger partial charge in [0.25, 0.3) is 5.56 Å². The quantitative estimate of drug-likeness (QED) is 0.256. The number of carboxylic acids is 1. The molecule has 2 fully saturated rings. The van der Waals surface area contributed by atoms with Crippen LogP contribution in [-0.2, 0) is 24.4 Å².